The Labute approximate surface area is 139 Å². The molecule has 1 aliphatic rings. The predicted octanol–water partition coefficient (Wildman–Crippen LogP) is 2.00. The number of urea groups is 1. The molecule has 1 saturated heterocycles. The third kappa shape index (κ3) is 4.48. The summed E-state index contributed by atoms with van der Waals surface area (Å²) in [7, 11) is 1.48. The molecule has 2 atom stereocenters. The third-order valence-electron chi connectivity index (χ3n) is 3.80. The minimum absolute atomic E-state index is 0.160. The fraction of sp³-hybridized carbons (Fsp3) is 0.533. The maximum absolute atomic E-state index is 12.2. The van der Waals surface area contributed by atoms with Gasteiger partial charge in [-0.15, -0.1) is 0 Å². The van der Waals surface area contributed by atoms with E-state index in [1.807, 2.05) is 6.92 Å². The number of rotatable bonds is 4. The molecule has 1 aromatic heterocycles. The molecule has 0 bridgehead atoms. The van der Waals surface area contributed by atoms with Crippen molar-refractivity contribution in [2.45, 2.75) is 19.9 Å². The molecular formula is C15H20ClN3O4. The Morgan fingerprint density at radius 3 is 2.87 bits per heavy atom. The van der Waals surface area contributed by atoms with Crippen molar-refractivity contribution in [3.63, 3.8) is 0 Å². The van der Waals surface area contributed by atoms with Crippen LogP contribution in [0, 0.1) is 11.8 Å². The minimum Gasteiger partial charge on any atom is -0.481 e. The summed E-state index contributed by atoms with van der Waals surface area (Å²) in [5.74, 6) is -0.884. The molecule has 2 rings (SSSR count). The highest BCUT2D eigenvalue weighted by Crippen LogP contribution is 2.23. The van der Waals surface area contributed by atoms with E-state index in [9.17, 15) is 9.59 Å². The first-order valence-electron chi connectivity index (χ1n) is 7.34. The number of methoxy groups -OCH3 is 1. The SMILES string of the molecule is COc1ncc(CNC(=O)N2CC(C)CC(C(=O)O)C2)cc1Cl. The number of halogens is 1. The van der Waals surface area contributed by atoms with E-state index in [4.69, 9.17) is 21.4 Å². The van der Waals surface area contributed by atoms with Crippen molar-refractivity contribution < 1.29 is 19.4 Å². The number of ether oxygens (including phenoxy) is 1. The van der Waals surface area contributed by atoms with Crippen LogP contribution in [0.1, 0.15) is 18.9 Å². The number of amides is 2. The lowest BCUT2D eigenvalue weighted by molar-refractivity contribution is -0.143. The number of carboxylic acids is 1. The molecule has 0 radical (unpaired) electrons. The first kappa shape index (κ1) is 17.3. The van der Waals surface area contributed by atoms with Crippen LogP contribution in [0.15, 0.2) is 12.3 Å². The Morgan fingerprint density at radius 2 is 2.26 bits per heavy atom. The predicted molar refractivity (Wildman–Crippen MR) is 84.5 cm³/mol. The number of aliphatic carboxylic acids is 1. The molecule has 1 aliphatic heterocycles. The summed E-state index contributed by atoms with van der Waals surface area (Å²) in [6, 6.07) is 1.39. The van der Waals surface area contributed by atoms with Crippen molar-refractivity contribution in [1.29, 1.82) is 0 Å². The zero-order valence-electron chi connectivity index (χ0n) is 13.1. The molecular weight excluding hydrogens is 322 g/mol. The first-order valence-corrected chi connectivity index (χ1v) is 7.72. The zero-order chi connectivity index (χ0) is 17.0. The second-order valence-electron chi connectivity index (χ2n) is 5.77. The van der Waals surface area contributed by atoms with Gasteiger partial charge in [0.1, 0.15) is 5.02 Å². The Kier molecular flexibility index (Phi) is 5.65. The van der Waals surface area contributed by atoms with E-state index in [0.29, 0.717) is 23.9 Å². The van der Waals surface area contributed by atoms with Crippen molar-refractivity contribution in [2.75, 3.05) is 20.2 Å². The van der Waals surface area contributed by atoms with Crippen LogP contribution in [0.25, 0.3) is 0 Å². The van der Waals surface area contributed by atoms with Gasteiger partial charge in [-0.2, -0.15) is 0 Å². The van der Waals surface area contributed by atoms with Gasteiger partial charge in [0.05, 0.1) is 13.0 Å². The van der Waals surface area contributed by atoms with E-state index < -0.39 is 11.9 Å². The lowest BCUT2D eigenvalue weighted by Crippen LogP contribution is -2.49. The van der Waals surface area contributed by atoms with Crippen molar-refractivity contribution in [1.82, 2.24) is 15.2 Å². The quantitative estimate of drug-likeness (QED) is 0.873. The van der Waals surface area contributed by atoms with Crippen LogP contribution < -0.4 is 10.1 Å². The van der Waals surface area contributed by atoms with Crippen LogP contribution in [0.2, 0.25) is 5.02 Å². The lowest BCUT2D eigenvalue weighted by atomic mass is 9.91. The molecule has 2 unspecified atom stereocenters. The van der Waals surface area contributed by atoms with E-state index in [1.165, 1.54) is 7.11 Å². The standard InChI is InChI=1S/C15H20ClN3O4/c1-9-3-11(14(20)21)8-19(7-9)15(22)18-6-10-4-12(16)13(23-2)17-5-10/h4-5,9,11H,3,6-8H2,1-2H3,(H,18,22)(H,20,21). The molecule has 0 aliphatic carbocycles. The van der Waals surface area contributed by atoms with Gasteiger partial charge in [-0.1, -0.05) is 18.5 Å². The molecule has 126 valence electrons. The van der Waals surface area contributed by atoms with E-state index in [-0.39, 0.29) is 25.0 Å². The van der Waals surface area contributed by atoms with Crippen molar-refractivity contribution in [3.05, 3.63) is 22.8 Å². The highest BCUT2D eigenvalue weighted by Gasteiger charge is 2.31. The molecule has 0 saturated carbocycles. The van der Waals surface area contributed by atoms with Gasteiger partial charge in [-0.25, -0.2) is 9.78 Å². The Balaban J connectivity index is 1.93. The summed E-state index contributed by atoms with van der Waals surface area (Å²) in [5, 5.41) is 12.3. The molecule has 2 N–H and O–H groups in total. The van der Waals surface area contributed by atoms with Gasteiger partial charge in [0.2, 0.25) is 5.88 Å². The average molecular weight is 342 g/mol. The summed E-state index contributed by atoms with van der Waals surface area (Å²) >= 11 is 5.99. The number of nitrogens with zero attached hydrogens (tertiary/aromatic N) is 2. The van der Waals surface area contributed by atoms with Crippen LogP contribution in [0.3, 0.4) is 0 Å². The number of hydrogen-bond acceptors (Lipinski definition) is 4. The second kappa shape index (κ2) is 7.50. The largest absolute Gasteiger partial charge is 0.481 e. The van der Waals surface area contributed by atoms with E-state index in [2.05, 4.69) is 10.3 Å². The molecule has 23 heavy (non-hydrogen) atoms. The number of carboxylic acid groups (broad SMARTS) is 1. The van der Waals surface area contributed by atoms with E-state index in [1.54, 1.807) is 17.2 Å². The number of aromatic nitrogens is 1. The Morgan fingerprint density at radius 1 is 1.52 bits per heavy atom. The molecule has 1 fully saturated rings. The van der Waals surface area contributed by atoms with Gasteiger partial charge in [0.15, 0.2) is 0 Å². The highest BCUT2D eigenvalue weighted by molar-refractivity contribution is 6.31. The maximum atomic E-state index is 12.2. The second-order valence-corrected chi connectivity index (χ2v) is 6.18. The molecule has 0 spiro atoms. The van der Waals surface area contributed by atoms with Gasteiger partial charge in [-0.05, 0) is 24.0 Å². The number of pyridine rings is 1. The number of carbonyl (C=O) groups excluding carboxylic acids is 1. The molecule has 7 nitrogen and oxygen atoms in total. The number of piperidine rings is 1. The third-order valence-corrected chi connectivity index (χ3v) is 4.07. The maximum Gasteiger partial charge on any atom is 0.317 e. The molecule has 1 aromatic rings. The number of likely N-dealkylation sites (tertiary alicyclic amines) is 1. The minimum atomic E-state index is -0.861. The van der Waals surface area contributed by atoms with E-state index >= 15 is 0 Å². The van der Waals surface area contributed by atoms with Gasteiger partial charge in [0.25, 0.3) is 0 Å². The summed E-state index contributed by atoms with van der Waals surface area (Å²) < 4.78 is 4.97. The summed E-state index contributed by atoms with van der Waals surface area (Å²) in [6.07, 6.45) is 2.17. The summed E-state index contributed by atoms with van der Waals surface area (Å²) in [5.41, 5.74) is 0.740. The summed E-state index contributed by atoms with van der Waals surface area (Å²) in [4.78, 5) is 29.0. The van der Waals surface area contributed by atoms with Gasteiger partial charge in [0, 0.05) is 25.8 Å². The fourth-order valence-corrected chi connectivity index (χ4v) is 2.96. The zero-order valence-corrected chi connectivity index (χ0v) is 13.8. The molecule has 2 amide bonds. The van der Waals surface area contributed by atoms with Crippen LogP contribution in [-0.2, 0) is 11.3 Å². The summed E-state index contributed by atoms with van der Waals surface area (Å²) in [6.45, 7) is 2.99. The monoisotopic (exact) mass is 341 g/mol. The topological polar surface area (TPSA) is 91.8 Å². The molecule has 0 aromatic carbocycles. The number of hydrogen-bond donors (Lipinski definition) is 2. The normalized spacial score (nSPS) is 20.9. The Bertz CT molecular complexity index is 596. The van der Waals surface area contributed by atoms with Crippen LogP contribution in [0.5, 0.6) is 5.88 Å². The smallest absolute Gasteiger partial charge is 0.317 e. The van der Waals surface area contributed by atoms with Crippen molar-refractivity contribution in [3.8, 4) is 5.88 Å². The van der Waals surface area contributed by atoms with Gasteiger partial charge < -0.3 is 20.1 Å². The van der Waals surface area contributed by atoms with E-state index in [0.717, 1.165) is 5.56 Å². The number of nitrogens with one attached hydrogen (secondary N) is 1. The van der Waals surface area contributed by atoms with Gasteiger partial charge in [-0.3, -0.25) is 4.79 Å². The number of carbonyl (C=O) groups is 2. The highest BCUT2D eigenvalue weighted by atomic mass is 35.5. The molecule has 2 heterocycles. The van der Waals surface area contributed by atoms with Crippen LogP contribution in [-0.4, -0.2) is 47.2 Å². The molecule has 8 heteroatoms. The lowest BCUT2D eigenvalue weighted by Gasteiger charge is -2.34. The Hall–Kier alpha value is -2.02. The van der Waals surface area contributed by atoms with Crippen molar-refractivity contribution in [2.24, 2.45) is 11.8 Å². The van der Waals surface area contributed by atoms with Crippen molar-refractivity contribution >= 4 is 23.6 Å². The average Bonchev–Trinajstić information content (AvgIpc) is 2.52. The fourth-order valence-electron chi connectivity index (χ4n) is 2.70. The first-order chi connectivity index (χ1) is 10.9. The van der Waals surface area contributed by atoms with Crippen LogP contribution >= 0.6 is 11.6 Å². The van der Waals surface area contributed by atoms with Gasteiger partial charge >= 0.3 is 12.0 Å². The van der Waals surface area contributed by atoms with Crippen LogP contribution in [0.4, 0.5) is 4.79 Å².